The number of rotatable bonds is 4. The highest BCUT2D eigenvalue weighted by atomic mass is 16.4. The van der Waals surface area contributed by atoms with Crippen molar-refractivity contribution >= 4 is 11.9 Å². The van der Waals surface area contributed by atoms with Crippen LogP contribution in [0.5, 0.6) is 0 Å². The number of carboxylic acids is 1. The van der Waals surface area contributed by atoms with E-state index in [0.717, 1.165) is 4.90 Å². The minimum absolute atomic E-state index is 0.0961. The van der Waals surface area contributed by atoms with Gasteiger partial charge in [0, 0.05) is 13.5 Å². The number of hydrogen-bond acceptors (Lipinski definition) is 3. The fraction of sp³-hybridized carbons (Fsp3) is 0.600. The highest BCUT2D eigenvalue weighted by Gasteiger charge is 2.36. The summed E-state index contributed by atoms with van der Waals surface area (Å²) in [5.74, 6) is 0.701. The van der Waals surface area contributed by atoms with E-state index in [2.05, 4.69) is 5.92 Å². The molecule has 0 rings (SSSR count). The standard InChI is InChI=1S/C10H16N2O3/c1-5-6-7(11)8(13)12(4)10(2,3)9(14)15/h1,7H,6,11H2,2-4H3,(H,14,15). The first-order valence-corrected chi connectivity index (χ1v) is 4.45. The van der Waals surface area contributed by atoms with Gasteiger partial charge in [0.1, 0.15) is 5.54 Å². The Kier molecular flexibility index (Phi) is 4.31. The molecule has 0 fully saturated rings. The molecule has 3 N–H and O–H groups in total. The number of nitrogens with two attached hydrogens (primary N) is 1. The number of carbonyl (C=O) groups is 2. The number of likely N-dealkylation sites (N-methyl/N-ethyl adjacent to an activating group) is 1. The number of carboxylic acid groups (broad SMARTS) is 1. The van der Waals surface area contributed by atoms with Crippen LogP contribution in [0.3, 0.4) is 0 Å². The molecule has 0 spiro atoms. The summed E-state index contributed by atoms with van der Waals surface area (Å²) in [5.41, 5.74) is 4.21. The maximum absolute atomic E-state index is 11.6. The van der Waals surface area contributed by atoms with Gasteiger partial charge in [-0.25, -0.2) is 4.79 Å². The lowest BCUT2D eigenvalue weighted by Gasteiger charge is -2.33. The van der Waals surface area contributed by atoms with Gasteiger partial charge in [0.05, 0.1) is 6.04 Å². The van der Waals surface area contributed by atoms with E-state index < -0.39 is 23.5 Å². The number of amides is 1. The van der Waals surface area contributed by atoms with E-state index in [4.69, 9.17) is 17.3 Å². The summed E-state index contributed by atoms with van der Waals surface area (Å²) in [5, 5.41) is 8.90. The quantitative estimate of drug-likeness (QED) is 0.624. The monoisotopic (exact) mass is 212 g/mol. The first-order valence-electron chi connectivity index (χ1n) is 4.45. The second-order valence-corrected chi connectivity index (χ2v) is 3.78. The Bertz CT molecular complexity index is 304. The predicted molar refractivity (Wildman–Crippen MR) is 55.9 cm³/mol. The number of carbonyl (C=O) groups excluding carboxylic acids is 1. The molecule has 0 saturated heterocycles. The average molecular weight is 212 g/mol. The zero-order chi connectivity index (χ0) is 12.2. The number of hydrogen-bond donors (Lipinski definition) is 2. The maximum Gasteiger partial charge on any atom is 0.329 e. The molecule has 0 saturated carbocycles. The van der Waals surface area contributed by atoms with Crippen LogP contribution < -0.4 is 5.73 Å². The summed E-state index contributed by atoms with van der Waals surface area (Å²) < 4.78 is 0. The van der Waals surface area contributed by atoms with E-state index >= 15 is 0 Å². The topological polar surface area (TPSA) is 83.6 Å². The van der Waals surface area contributed by atoms with Crippen LogP contribution in [0, 0.1) is 12.3 Å². The minimum Gasteiger partial charge on any atom is -0.480 e. The molecule has 1 atom stereocenters. The summed E-state index contributed by atoms with van der Waals surface area (Å²) in [4.78, 5) is 23.6. The Balaban J connectivity index is 4.73. The van der Waals surface area contributed by atoms with E-state index in [9.17, 15) is 9.59 Å². The zero-order valence-corrected chi connectivity index (χ0v) is 9.15. The average Bonchev–Trinajstić information content (AvgIpc) is 2.15. The molecule has 0 aromatic rings. The van der Waals surface area contributed by atoms with Crippen LogP contribution in [0.1, 0.15) is 20.3 Å². The van der Waals surface area contributed by atoms with E-state index in [1.54, 1.807) is 0 Å². The number of aliphatic carboxylic acids is 1. The van der Waals surface area contributed by atoms with Crippen molar-refractivity contribution in [2.75, 3.05) is 7.05 Å². The summed E-state index contributed by atoms with van der Waals surface area (Å²) in [6.45, 7) is 2.85. The molecular weight excluding hydrogens is 196 g/mol. The van der Waals surface area contributed by atoms with Gasteiger partial charge in [0.25, 0.3) is 0 Å². The molecule has 0 bridgehead atoms. The molecule has 84 valence electrons. The zero-order valence-electron chi connectivity index (χ0n) is 9.15. The van der Waals surface area contributed by atoms with Crippen LogP contribution in [0.2, 0.25) is 0 Å². The van der Waals surface area contributed by atoms with E-state index in [-0.39, 0.29) is 6.42 Å². The molecule has 1 unspecified atom stereocenters. The van der Waals surface area contributed by atoms with Gasteiger partial charge in [0.15, 0.2) is 0 Å². The van der Waals surface area contributed by atoms with Crippen LogP contribution >= 0.6 is 0 Å². The van der Waals surface area contributed by atoms with Crippen molar-refractivity contribution in [3.05, 3.63) is 0 Å². The Labute approximate surface area is 89.2 Å². The van der Waals surface area contributed by atoms with Gasteiger partial charge in [-0.2, -0.15) is 0 Å². The van der Waals surface area contributed by atoms with Gasteiger partial charge in [-0.1, -0.05) is 0 Å². The Morgan fingerprint density at radius 2 is 2.07 bits per heavy atom. The molecule has 0 aromatic heterocycles. The molecule has 0 aromatic carbocycles. The van der Waals surface area contributed by atoms with Crippen molar-refractivity contribution in [1.29, 1.82) is 0 Å². The highest BCUT2D eigenvalue weighted by molar-refractivity contribution is 5.88. The lowest BCUT2D eigenvalue weighted by molar-refractivity contribution is -0.155. The number of terminal acetylenes is 1. The van der Waals surface area contributed by atoms with Crippen molar-refractivity contribution in [1.82, 2.24) is 4.90 Å². The molecule has 5 heteroatoms. The maximum atomic E-state index is 11.6. The van der Waals surface area contributed by atoms with Gasteiger partial charge in [0.2, 0.25) is 5.91 Å². The fourth-order valence-electron chi connectivity index (χ4n) is 0.882. The molecule has 0 heterocycles. The van der Waals surface area contributed by atoms with Crippen molar-refractivity contribution < 1.29 is 14.7 Å². The molecule has 0 radical (unpaired) electrons. The SMILES string of the molecule is C#CCC(N)C(=O)N(C)C(C)(C)C(=O)O. The molecule has 0 aliphatic carbocycles. The Hall–Kier alpha value is -1.54. The van der Waals surface area contributed by atoms with Crippen LogP contribution in [-0.4, -0.2) is 40.5 Å². The third-order valence-electron chi connectivity index (χ3n) is 2.35. The summed E-state index contributed by atoms with van der Waals surface area (Å²) in [7, 11) is 1.40. The predicted octanol–water partition coefficient (Wildman–Crippen LogP) is -0.341. The smallest absolute Gasteiger partial charge is 0.329 e. The van der Waals surface area contributed by atoms with E-state index in [1.165, 1.54) is 20.9 Å². The Morgan fingerprint density at radius 3 is 2.40 bits per heavy atom. The van der Waals surface area contributed by atoms with Crippen molar-refractivity contribution in [2.24, 2.45) is 5.73 Å². The summed E-state index contributed by atoms with van der Waals surface area (Å²) >= 11 is 0. The molecule has 0 aliphatic heterocycles. The van der Waals surface area contributed by atoms with Crippen molar-refractivity contribution in [3.8, 4) is 12.3 Å². The highest BCUT2D eigenvalue weighted by Crippen LogP contribution is 2.13. The first-order chi connectivity index (χ1) is 6.75. The number of nitrogens with zero attached hydrogens (tertiary/aromatic N) is 1. The molecule has 15 heavy (non-hydrogen) atoms. The van der Waals surface area contributed by atoms with Crippen LogP contribution in [-0.2, 0) is 9.59 Å². The van der Waals surface area contributed by atoms with Gasteiger partial charge >= 0.3 is 5.97 Å². The van der Waals surface area contributed by atoms with Gasteiger partial charge < -0.3 is 15.7 Å². The summed E-state index contributed by atoms with van der Waals surface area (Å²) in [6, 6.07) is -0.848. The van der Waals surface area contributed by atoms with Gasteiger partial charge in [-0.3, -0.25) is 4.79 Å². The van der Waals surface area contributed by atoms with Gasteiger partial charge in [-0.05, 0) is 13.8 Å². The molecule has 0 aliphatic rings. The van der Waals surface area contributed by atoms with Crippen molar-refractivity contribution in [3.63, 3.8) is 0 Å². The van der Waals surface area contributed by atoms with Gasteiger partial charge in [-0.15, -0.1) is 12.3 Å². The van der Waals surface area contributed by atoms with Crippen LogP contribution in [0.15, 0.2) is 0 Å². The van der Waals surface area contributed by atoms with Crippen molar-refractivity contribution in [2.45, 2.75) is 31.8 Å². The lowest BCUT2D eigenvalue weighted by atomic mass is 10.0. The fourth-order valence-corrected chi connectivity index (χ4v) is 0.882. The first kappa shape index (κ1) is 13.5. The molecular formula is C10H16N2O3. The molecule has 5 nitrogen and oxygen atoms in total. The van der Waals surface area contributed by atoms with E-state index in [1.807, 2.05) is 0 Å². The third kappa shape index (κ3) is 2.96. The normalized spacial score (nSPS) is 12.7. The van der Waals surface area contributed by atoms with Crippen LogP contribution in [0.4, 0.5) is 0 Å². The second-order valence-electron chi connectivity index (χ2n) is 3.78. The Morgan fingerprint density at radius 1 is 1.60 bits per heavy atom. The largest absolute Gasteiger partial charge is 0.480 e. The lowest BCUT2D eigenvalue weighted by Crippen LogP contribution is -2.55. The minimum atomic E-state index is -1.29. The summed E-state index contributed by atoms with van der Waals surface area (Å²) in [6.07, 6.45) is 5.12. The molecule has 1 amide bonds. The van der Waals surface area contributed by atoms with Crippen LogP contribution in [0.25, 0.3) is 0 Å². The second kappa shape index (κ2) is 4.80. The van der Waals surface area contributed by atoms with E-state index in [0.29, 0.717) is 0 Å². The third-order valence-corrected chi connectivity index (χ3v) is 2.35.